The first-order chi connectivity index (χ1) is 14.1. The van der Waals surface area contributed by atoms with Gasteiger partial charge in [-0.1, -0.05) is 30.3 Å². The van der Waals surface area contributed by atoms with Crippen molar-refractivity contribution >= 4 is 23.7 Å². The summed E-state index contributed by atoms with van der Waals surface area (Å²) in [7, 11) is 0. The number of esters is 2. The highest BCUT2D eigenvalue weighted by atomic mass is 32.2. The molecule has 29 heavy (non-hydrogen) atoms. The lowest BCUT2D eigenvalue weighted by molar-refractivity contribution is -0.195. The predicted octanol–water partition coefficient (Wildman–Crippen LogP) is 3.19. The number of rotatable bonds is 5. The third-order valence-electron chi connectivity index (χ3n) is 5.13. The highest BCUT2D eigenvalue weighted by Crippen LogP contribution is 2.44. The number of ether oxygens (including phenoxy) is 2. The van der Waals surface area contributed by atoms with Crippen molar-refractivity contribution < 1.29 is 23.6 Å². The van der Waals surface area contributed by atoms with Gasteiger partial charge in [-0.25, -0.2) is 9.59 Å². The summed E-state index contributed by atoms with van der Waals surface area (Å²) in [6.45, 7) is 2.59. The molecule has 4 rings (SSSR count). The molecule has 2 atom stereocenters. The van der Waals surface area contributed by atoms with E-state index in [4.69, 9.17) is 14.0 Å². The Morgan fingerprint density at radius 2 is 2.10 bits per heavy atom. The van der Waals surface area contributed by atoms with E-state index in [1.807, 2.05) is 37.4 Å². The van der Waals surface area contributed by atoms with Gasteiger partial charge in [0.2, 0.25) is 5.72 Å². The van der Waals surface area contributed by atoms with Gasteiger partial charge in [-0.3, -0.25) is 5.32 Å². The number of nitrogens with one attached hydrogen (secondary N) is 1. The molecule has 2 aliphatic rings. The minimum absolute atomic E-state index is 0.534. The fourth-order valence-electron chi connectivity index (χ4n) is 3.90. The van der Waals surface area contributed by atoms with Crippen molar-refractivity contribution in [2.75, 3.05) is 12.8 Å². The third kappa shape index (κ3) is 3.58. The first-order valence-corrected chi connectivity index (χ1v) is 10.8. The topological polar surface area (TPSA) is 90.7 Å². The number of benzene rings is 1. The summed E-state index contributed by atoms with van der Waals surface area (Å²) >= 11 is 1.48. The number of carbonyl (C=O) groups excluding carboxylic acids is 2. The van der Waals surface area contributed by atoms with Crippen molar-refractivity contribution in [3.8, 4) is 11.3 Å². The van der Waals surface area contributed by atoms with E-state index in [0.717, 1.165) is 40.3 Å². The minimum Gasteiger partial charge on any atom is -0.453 e. The van der Waals surface area contributed by atoms with Gasteiger partial charge in [0.05, 0.1) is 0 Å². The molecule has 2 heterocycles. The average Bonchev–Trinajstić information content (AvgIpc) is 3.20. The van der Waals surface area contributed by atoms with Gasteiger partial charge in [-0.05, 0) is 37.6 Å². The van der Waals surface area contributed by atoms with Crippen LogP contribution in [0.4, 0.5) is 0 Å². The lowest BCUT2D eigenvalue weighted by Crippen LogP contribution is -2.59. The molecular weight excluding hydrogens is 392 g/mol. The van der Waals surface area contributed by atoms with Crippen molar-refractivity contribution in [1.82, 2.24) is 10.5 Å². The van der Waals surface area contributed by atoms with Gasteiger partial charge < -0.3 is 14.0 Å². The fourth-order valence-corrected chi connectivity index (χ4v) is 4.24. The molecule has 0 fully saturated rings. The molecule has 0 bridgehead atoms. The van der Waals surface area contributed by atoms with Crippen molar-refractivity contribution in [2.45, 2.75) is 43.0 Å². The second kappa shape index (κ2) is 8.04. The maximum atomic E-state index is 12.5. The maximum absolute atomic E-state index is 12.5. The zero-order chi connectivity index (χ0) is 20.4. The number of aryl methyl sites for hydroxylation is 1. The molecule has 0 amide bonds. The molecule has 152 valence electrons. The Morgan fingerprint density at radius 3 is 2.86 bits per heavy atom. The number of fused-ring (bicyclic) bond motifs is 3. The lowest BCUT2D eigenvalue weighted by atomic mass is 9.78. The lowest BCUT2D eigenvalue weighted by Gasteiger charge is -2.45. The van der Waals surface area contributed by atoms with Gasteiger partial charge in [0, 0.05) is 29.3 Å². The van der Waals surface area contributed by atoms with Gasteiger partial charge >= 0.3 is 11.9 Å². The Labute approximate surface area is 172 Å². The second-order valence-electron chi connectivity index (χ2n) is 6.95. The number of aromatic nitrogens is 1. The van der Waals surface area contributed by atoms with Gasteiger partial charge in [0.1, 0.15) is 5.03 Å². The van der Waals surface area contributed by atoms with Gasteiger partial charge in [0.15, 0.2) is 11.9 Å². The first-order valence-electron chi connectivity index (χ1n) is 9.57. The molecule has 2 unspecified atom stereocenters. The monoisotopic (exact) mass is 414 g/mol. The summed E-state index contributed by atoms with van der Waals surface area (Å²) in [5.74, 6) is -0.579. The van der Waals surface area contributed by atoms with Crippen LogP contribution in [0.2, 0.25) is 0 Å². The Kier molecular flexibility index (Phi) is 5.47. The third-order valence-corrected chi connectivity index (χ3v) is 5.74. The molecule has 1 N–H and O–H groups in total. The van der Waals surface area contributed by atoms with E-state index < -0.39 is 23.8 Å². The molecule has 1 aromatic carbocycles. The van der Waals surface area contributed by atoms with E-state index in [-0.39, 0.29) is 0 Å². The molecule has 8 heteroatoms. The highest BCUT2D eigenvalue weighted by Gasteiger charge is 2.52. The number of nitrogens with zero attached hydrogens (tertiary/aromatic N) is 1. The molecule has 1 aliphatic carbocycles. The second-order valence-corrected chi connectivity index (χ2v) is 7.78. The molecule has 1 aromatic heterocycles. The smallest absolute Gasteiger partial charge is 0.333 e. The van der Waals surface area contributed by atoms with E-state index in [2.05, 4.69) is 10.5 Å². The Morgan fingerprint density at radius 1 is 1.28 bits per heavy atom. The normalized spacial score (nSPS) is 24.6. The van der Waals surface area contributed by atoms with Crippen LogP contribution in [0.25, 0.3) is 11.3 Å². The summed E-state index contributed by atoms with van der Waals surface area (Å²) in [6, 6.07) is 7.71. The van der Waals surface area contributed by atoms with Gasteiger partial charge in [0.25, 0.3) is 0 Å². The Balaban J connectivity index is 1.93. The van der Waals surface area contributed by atoms with Crippen molar-refractivity contribution in [2.24, 2.45) is 0 Å². The maximum Gasteiger partial charge on any atom is 0.333 e. The average molecular weight is 414 g/mol. The summed E-state index contributed by atoms with van der Waals surface area (Å²) in [5, 5.41) is 8.20. The Hall–Kier alpha value is -2.58. The van der Waals surface area contributed by atoms with Crippen LogP contribution in [0.5, 0.6) is 0 Å². The molecule has 0 saturated heterocycles. The molecular formula is C21H22N2O5S. The zero-order valence-electron chi connectivity index (χ0n) is 16.3. The van der Waals surface area contributed by atoms with Crippen LogP contribution in [-0.4, -0.2) is 36.0 Å². The standard InChI is InChI=1S/C21H22N2O5S/c1-3-11-22-21-16(26-18(24)9-10-19(25)27-21)8-7-13-5-4-6-14(20(13)21)15-12-17(29-2)23-28-15/h4-6,9-10,12,16,22H,3,7-8,11H2,1-2H3/b10-9-. The quantitative estimate of drug-likeness (QED) is 0.589. The van der Waals surface area contributed by atoms with E-state index in [1.165, 1.54) is 11.8 Å². The molecule has 1 aliphatic heterocycles. The molecule has 2 aromatic rings. The Bertz CT molecular complexity index is 970. The number of thioether (sulfide) groups is 1. The van der Waals surface area contributed by atoms with E-state index in [0.29, 0.717) is 25.1 Å². The largest absolute Gasteiger partial charge is 0.453 e. The number of hydrogen-bond donors (Lipinski definition) is 1. The zero-order valence-corrected chi connectivity index (χ0v) is 17.1. The summed E-state index contributed by atoms with van der Waals surface area (Å²) < 4.78 is 17.3. The predicted molar refractivity (Wildman–Crippen MR) is 107 cm³/mol. The first kappa shape index (κ1) is 19.7. The van der Waals surface area contributed by atoms with Crippen molar-refractivity contribution in [1.29, 1.82) is 0 Å². The van der Waals surface area contributed by atoms with E-state index in [9.17, 15) is 9.59 Å². The van der Waals surface area contributed by atoms with Gasteiger partial charge in [-0.15, -0.1) is 11.8 Å². The molecule has 0 saturated carbocycles. The van der Waals surface area contributed by atoms with Crippen LogP contribution in [0.1, 0.15) is 30.9 Å². The number of carbonyl (C=O) groups is 2. The van der Waals surface area contributed by atoms with Crippen LogP contribution in [0.15, 0.2) is 46.0 Å². The molecule has 0 radical (unpaired) electrons. The highest BCUT2D eigenvalue weighted by molar-refractivity contribution is 7.98. The molecule has 0 spiro atoms. The minimum atomic E-state index is -1.30. The SMILES string of the molecule is CCCNC12OC(=O)/C=C\C(=O)OC1CCc1cccc(-c3cc(SC)no3)c12. The van der Waals surface area contributed by atoms with Crippen LogP contribution in [-0.2, 0) is 31.2 Å². The van der Waals surface area contributed by atoms with Crippen LogP contribution >= 0.6 is 11.8 Å². The summed E-state index contributed by atoms with van der Waals surface area (Å²) in [6.07, 6.45) is 5.50. The fraction of sp³-hybridized carbons (Fsp3) is 0.381. The van der Waals surface area contributed by atoms with Crippen molar-refractivity contribution in [3.05, 3.63) is 47.5 Å². The van der Waals surface area contributed by atoms with E-state index in [1.54, 1.807) is 0 Å². The van der Waals surface area contributed by atoms with Crippen LogP contribution < -0.4 is 5.32 Å². The van der Waals surface area contributed by atoms with Crippen LogP contribution in [0, 0.1) is 0 Å². The molecule has 7 nitrogen and oxygen atoms in total. The van der Waals surface area contributed by atoms with Crippen molar-refractivity contribution in [3.63, 3.8) is 0 Å². The number of hydrogen-bond acceptors (Lipinski definition) is 8. The van der Waals surface area contributed by atoms with Crippen LogP contribution in [0.3, 0.4) is 0 Å². The van der Waals surface area contributed by atoms with E-state index >= 15 is 0 Å². The summed E-state index contributed by atoms with van der Waals surface area (Å²) in [5.41, 5.74) is 1.23. The van der Waals surface area contributed by atoms with Gasteiger partial charge in [-0.2, -0.15) is 0 Å². The summed E-state index contributed by atoms with van der Waals surface area (Å²) in [4.78, 5) is 24.7.